The highest BCUT2D eigenvalue weighted by Crippen LogP contribution is 2.28. The smallest absolute Gasteiger partial charge is 0.326 e. The van der Waals surface area contributed by atoms with Gasteiger partial charge in [-0.05, 0) is 46.5 Å². The van der Waals surface area contributed by atoms with Crippen molar-refractivity contribution in [3.05, 3.63) is 120 Å². The number of aromatic nitrogens is 2. The van der Waals surface area contributed by atoms with E-state index in [2.05, 4.69) is 10.6 Å². The van der Waals surface area contributed by atoms with Crippen molar-refractivity contribution < 1.29 is 48.7 Å². The van der Waals surface area contributed by atoms with E-state index in [1.165, 1.54) is 0 Å². The van der Waals surface area contributed by atoms with E-state index in [-0.39, 0.29) is 37.7 Å². The predicted octanol–water partition coefficient (Wildman–Crippen LogP) is 2.96. The lowest BCUT2D eigenvalue weighted by Crippen LogP contribution is -2.43. The zero-order chi connectivity index (χ0) is 42.4. The Labute approximate surface area is 356 Å². The molecule has 0 spiro atoms. The molecule has 2 aromatic carbocycles. The average molecular weight is 855 g/mol. The number of benzene rings is 2. The molecule has 2 fully saturated rings. The molecule has 0 bridgehead atoms. The molecule has 16 heteroatoms. The summed E-state index contributed by atoms with van der Waals surface area (Å²) in [6.45, 7) is 2.07. The number of pyridine rings is 2. The lowest BCUT2D eigenvalue weighted by atomic mass is 10.1. The minimum atomic E-state index is -0.939. The molecule has 0 radical (unpaired) electrons. The third-order valence-electron chi connectivity index (χ3n) is 10.1. The monoisotopic (exact) mass is 854 g/mol. The van der Waals surface area contributed by atoms with Gasteiger partial charge in [0.25, 0.3) is 11.8 Å². The number of carbonyl (C=O) groups excluding carboxylic acids is 2. The van der Waals surface area contributed by atoms with Gasteiger partial charge in [-0.15, -0.1) is 0 Å². The first-order valence-electron chi connectivity index (χ1n) is 19.7. The Morgan fingerprint density at radius 1 is 0.567 bits per heavy atom. The molecule has 6 rings (SSSR count). The summed E-state index contributed by atoms with van der Waals surface area (Å²) in [5, 5.41) is 44.7. The molecule has 2 aromatic heterocycles. The van der Waals surface area contributed by atoms with E-state index < -0.39 is 36.2 Å². The quantitative estimate of drug-likeness (QED) is 0.0461. The lowest BCUT2D eigenvalue weighted by molar-refractivity contribution is -0.684. The van der Waals surface area contributed by atoms with Crippen LogP contribution in [0.1, 0.15) is 35.1 Å². The second kappa shape index (κ2) is 21.5. The van der Waals surface area contributed by atoms with Gasteiger partial charge >= 0.3 is 11.9 Å². The largest absolute Gasteiger partial charge is 0.480 e. The van der Waals surface area contributed by atoms with Gasteiger partial charge in [-0.25, -0.2) is 9.59 Å². The van der Waals surface area contributed by atoms with Crippen molar-refractivity contribution in [2.24, 2.45) is 0 Å². The third-order valence-corrected chi connectivity index (χ3v) is 12.5. The highest BCUT2D eigenvalue weighted by Gasteiger charge is 2.37. The maximum absolute atomic E-state index is 12.5. The third kappa shape index (κ3) is 12.9. The van der Waals surface area contributed by atoms with Crippen LogP contribution in [0, 0.1) is 0 Å². The Hall–Kier alpha value is -5.68. The van der Waals surface area contributed by atoms with Crippen LogP contribution in [-0.4, -0.2) is 106 Å². The highest BCUT2D eigenvalue weighted by molar-refractivity contribution is 8.76. The van der Waals surface area contributed by atoms with Crippen molar-refractivity contribution in [1.29, 1.82) is 0 Å². The summed E-state index contributed by atoms with van der Waals surface area (Å²) in [6, 6.07) is 21.4. The minimum absolute atomic E-state index is 0.0810. The average Bonchev–Trinajstić information content (AvgIpc) is 3.84. The van der Waals surface area contributed by atoms with Crippen molar-refractivity contribution in [1.82, 2.24) is 10.6 Å². The summed E-state index contributed by atoms with van der Waals surface area (Å²) in [7, 11) is 3.28. The number of anilines is 2. The molecule has 2 amide bonds. The molecule has 4 heterocycles. The number of carboxylic acid groups (broad SMARTS) is 2. The summed E-state index contributed by atoms with van der Waals surface area (Å²) in [6.07, 6.45) is 14.4. The molecule has 0 saturated carbocycles. The first-order valence-corrected chi connectivity index (χ1v) is 22.2. The van der Waals surface area contributed by atoms with E-state index in [0.29, 0.717) is 26.2 Å². The number of hydrogen-bond donors (Lipinski definition) is 6. The van der Waals surface area contributed by atoms with Gasteiger partial charge in [0, 0.05) is 86.2 Å². The summed E-state index contributed by atoms with van der Waals surface area (Å²) < 4.78 is 3.62. The number of amides is 2. The first-order chi connectivity index (χ1) is 29.0. The van der Waals surface area contributed by atoms with E-state index in [9.17, 15) is 39.6 Å². The Morgan fingerprint density at radius 2 is 0.900 bits per heavy atom. The van der Waals surface area contributed by atoms with Crippen LogP contribution in [0.4, 0.5) is 11.4 Å². The van der Waals surface area contributed by atoms with E-state index in [0.717, 1.165) is 45.1 Å². The van der Waals surface area contributed by atoms with Gasteiger partial charge in [0.1, 0.15) is 12.1 Å². The van der Waals surface area contributed by atoms with Crippen LogP contribution in [0.5, 0.6) is 0 Å². The molecule has 0 aliphatic carbocycles. The number of nitrogens with one attached hydrogen (secondary N) is 2. The molecule has 314 valence electrons. The molecule has 2 aliphatic heterocycles. The second-order valence-corrected chi connectivity index (χ2v) is 17.3. The number of rotatable bonds is 19. The second-order valence-electron chi connectivity index (χ2n) is 14.6. The fraction of sp³-hybridized carbons (Fsp3) is 0.318. The first kappa shape index (κ1) is 43.9. The lowest BCUT2D eigenvalue weighted by Gasteiger charge is -2.23. The molecule has 6 N–H and O–H groups in total. The number of carboxylic acids is 2. The van der Waals surface area contributed by atoms with Gasteiger partial charge in [0.15, 0.2) is 24.8 Å². The normalized spacial score (nSPS) is 19.0. The molecule has 4 aromatic rings. The van der Waals surface area contributed by atoms with Crippen LogP contribution >= 0.6 is 21.6 Å². The maximum atomic E-state index is 12.5. The van der Waals surface area contributed by atoms with E-state index in [1.54, 1.807) is 31.4 Å². The summed E-state index contributed by atoms with van der Waals surface area (Å²) in [4.78, 5) is 51.5. The highest BCUT2D eigenvalue weighted by atomic mass is 33.1. The van der Waals surface area contributed by atoms with Crippen molar-refractivity contribution >= 4 is 81.0 Å². The fourth-order valence-electron chi connectivity index (χ4n) is 7.00. The van der Waals surface area contributed by atoms with Gasteiger partial charge in [-0.3, -0.25) is 9.59 Å². The zero-order valence-corrected chi connectivity index (χ0v) is 34.6. The molecular weight excluding hydrogens is 805 g/mol. The fourth-order valence-corrected chi connectivity index (χ4v) is 8.82. The van der Waals surface area contributed by atoms with Crippen molar-refractivity contribution in [2.75, 3.05) is 47.5 Å². The topological polar surface area (TPSA) is 187 Å². The Bertz CT molecular complexity index is 1980. The molecule has 2 saturated heterocycles. The van der Waals surface area contributed by atoms with Crippen LogP contribution in [0.3, 0.4) is 0 Å². The number of aliphatic hydroxyl groups excluding tert-OH is 2. The van der Waals surface area contributed by atoms with Crippen molar-refractivity contribution in [3.8, 4) is 0 Å². The number of carbonyl (C=O) groups is 4. The maximum Gasteiger partial charge on any atom is 0.326 e. The van der Waals surface area contributed by atoms with Gasteiger partial charge in [0.05, 0.1) is 12.2 Å². The summed E-state index contributed by atoms with van der Waals surface area (Å²) >= 11 is 0. The van der Waals surface area contributed by atoms with Gasteiger partial charge < -0.3 is 40.9 Å². The Balaban J connectivity index is 0.804. The zero-order valence-electron chi connectivity index (χ0n) is 33.0. The standard InChI is InChI=1S/C44H48N6O8S2/c51-37-25-39(43(55)56)49(27-37)35-9-5-31(6-10-35)1-3-33-13-19-47(20-14-33)29-41(53)45-17-23-59-60-24-18-46-42(54)30-48-21-15-34(16-22-48)4-2-32-7-11-36(12-8-32)50-28-38(52)26-40(50)44(57)58/h1-16,19-22,37-40,51-52H,17-18,23-30H2,(H2-2,45,46,53,54,55,56,57,58)/p+2. The van der Waals surface area contributed by atoms with E-state index in [1.807, 2.05) is 131 Å². The van der Waals surface area contributed by atoms with Crippen molar-refractivity contribution in [2.45, 2.75) is 50.2 Å². The number of nitrogens with zero attached hydrogens (tertiary/aromatic N) is 4. The Kier molecular flexibility index (Phi) is 15.8. The van der Waals surface area contributed by atoms with Crippen LogP contribution in [0.15, 0.2) is 97.6 Å². The predicted molar refractivity (Wildman–Crippen MR) is 234 cm³/mol. The summed E-state index contributed by atoms with van der Waals surface area (Å²) in [5.41, 5.74) is 5.36. The van der Waals surface area contributed by atoms with Gasteiger partial charge in [0.2, 0.25) is 13.1 Å². The number of hydrogen-bond acceptors (Lipinski definition) is 10. The SMILES string of the molecule is O=C(C[n+]1ccc(/C=C/c2ccc(N3CC(O)CC3C(=O)O)cc2)cc1)NCCSSCCNC(=O)C[n+]1ccc(/C=C/c2ccc(N3CC(O)CC3C(=O)O)cc2)cc1. The number of β-amino-alcohol motifs (C(OH)–C–C–N with tert-alkyl or cyclic N) is 2. The van der Waals surface area contributed by atoms with E-state index in [4.69, 9.17) is 0 Å². The van der Waals surface area contributed by atoms with Gasteiger partial charge in [-0.2, -0.15) is 9.13 Å². The molecule has 4 atom stereocenters. The molecule has 60 heavy (non-hydrogen) atoms. The van der Waals surface area contributed by atoms with E-state index >= 15 is 0 Å². The van der Waals surface area contributed by atoms with Crippen LogP contribution < -0.4 is 29.6 Å². The van der Waals surface area contributed by atoms with Gasteiger partial charge in [-0.1, -0.05) is 70.2 Å². The minimum Gasteiger partial charge on any atom is -0.480 e. The van der Waals surface area contributed by atoms with Crippen LogP contribution in [0.2, 0.25) is 0 Å². The van der Waals surface area contributed by atoms with Crippen molar-refractivity contribution in [3.63, 3.8) is 0 Å². The molecule has 4 unspecified atom stereocenters. The number of aliphatic hydroxyl groups is 2. The van der Waals surface area contributed by atoms with Crippen LogP contribution in [0.25, 0.3) is 24.3 Å². The summed E-state index contributed by atoms with van der Waals surface area (Å²) in [5.74, 6) is -0.570. The Morgan fingerprint density at radius 3 is 1.23 bits per heavy atom. The number of aliphatic carboxylic acids is 2. The molecular formula is C44H50N6O8S2+2. The molecule has 2 aliphatic rings. The van der Waals surface area contributed by atoms with Crippen LogP contribution in [-0.2, 0) is 32.3 Å². The molecule has 14 nitrogen and oxygen atoms in total.